The third-order valence-electron chi connectivity index (χ3n) is 7.03. The lowest BCUT2D eigenvalue weighted by atomic mass is 9.97. The Bertz CT molecular complexity index is 1180. The van der Waals surface area contributed by atoms with E-state index in [0.29, 0.717) is 49.9 Å². The van der Waals surface area contributed by atoms with Crippen molar-refractivity contribution in [2.75, 3.05) is 41.9 Å². The molecule has 5 rings (SSSR count). The van der Waals surface area contributed by atoms with Gasteiger partial charge in [-0.25, -0.2) is 0 Å². The third-order valence-corrected chi connectivity index (χ3v) is 8.82. The van der Waals surface area contributed by atoms with Gasteiger partial charge in [-0.2, -0.15) is 0 Å². The van der Waals surface area contributed by atoms with Gasteiger partial charge in [0.1, 0.15) is 0 Å². The van der Waals surface area contributed by atoms with Crippen molar-refractivity contribution in [2.45, 2.75) is 31.6 Å². The van der Waals surface area contributed by atoms with Gasteiger partial charge in [0.05, 0.1) is 30.6 Å². The van der Waals surface area contributed by atoms with Gasteiger partial charge in [-0.05, 0) is 50.5 Å². The molecule has 2 fully saturated rings. The lowest BCUT2D eigenvalue weighted by molar-refractivity contribution is -0.149. The fourth-order valence-electron chi connectivity index (χ4n) is 5.19. The number of thioether (sulfide) groups is 1. The molecule has 1 atom stereocenters. The number of para-hydroxylation sites is 1. The highest BCUT2D eigenvalue weighted by Crippen LogP contribution is 2.55. The van der Waals surface area contributed by atoms with Crippen LogP contribution in [0.4, 0.5) is 11.4 Å². The Balaban J connectivity index is 1.44. The number of benzene rings is 2. The molecular formula is C26H28ClN3O4S. The number of ether oxygens (including phenoxy) is 1. The van der Waals surface area contributed by atoms with Crippen molar-refractivity contribution in [3.63, 3.8) is 0 Å². The highest BCUT2D eigenvalue weighted by atomic mass is 35.5. The highest BCUT2D eigenvalue weighted by molar-refractivity contribution is 8.02. The van der Waals surface area contributed by atoms with E-state index in [1.165, 1.54) is 11.8 Å². The number of carbonyl (C=O) groups excluding carboxylic acids is 3. The topological polar surface area (TPSA) is 70.2 Å². The maximum Gasteiger partial charge on any atom is 0.309 e. The Morgan fingerprint density at radius 1 is 1.17 bits per heavy atom. The van der Waals surface area contributed by atoms with Gasteiger partial charge in [0, 0.05) is 29.4 Å². The van der Waals surface area contributed by atoms with Crippen LogP contribution >= 0.6 is 23.4 Å². The van der Waals surface area contributed by atoms with Crippen LogP contribution in [0.25, 0.3) is 0 Å². The Morgan fingerprint density at radius 3 is 2.63 bits per heavy atom. The van der Waals surface area contributed by atoms with E-state index in [2.05, 4.69) is 4.90 Å². The van der Waals surface area contributed by atoms with Crippen LogP contribution in [-0.4, -0.2) is 54.8 Å². The van der Waals surface area contributed by atoms with Crippen LogP contribution in [0.1, 0.15) is 30.9 Å². The van der Waals surface area contributed by atoms with Gasteiger partial charge in [-0.1, -0.05) is 35.9 Å². The summed E-state index contributed by atoms with van der Waals surface area (Å²) in [5.41, 5.74) is 3.17. The van der Waals surface area contributed by atoms with Crippen molar-refractivity contribution in [1.29, 1.82) is 0 Å². The van der Waals surface area contributed by atoms with Crippen molar-refractivity contribution in [3.8, 4) is 0 Å². The fourth-order valence-corrected chi connectivity index (χ4v) is 6.72. The number of hydrogen-bond donors (Lipinski definition) is 0. The minimum absolute atomic E-state index is 0.0936. The first-order valence-electron chi connectivity index (χ1n) is 11.9. The highest BCUT2D eigenvalue weighted by Gasteiger charge is 2.61. The molecule has 9 heteroatoms. The third kappa shape index (κ3) is 4.01. The van der Waals surface area contributed by atoms with Crippen LogP contribution in [0.2, 0.25) is 5.02 Å². The van der Waals surface area contributed by atoms with E-state index >= 15 is 0 Å². The average Bonchev–Trinajstić information content (AvgIpc) is 3.32. The molecule has 2 amide bonds. The molecule has 0 unspecified atom stereocenters. The summed E-state index contributed by atoms with van der Waals surface area (Å²) in [6.45, 7) is 5.92. The minimum atomic E-state index is -1.16. The number of rotatable bonds is 5. The van der Waals surface area contributed by atoms with Crippen molar-refractivity contribution >= 4 is 52.5 Å². The molecule has 0 saturated carbocycles. The van der Waals surface area contributed by atoms with E-state index < -0.39 is 4.87 Å². The summed E-state index contributed by atoms with van der Waals surface area (Å²) in [5, 5.41) is 0.558. The van der Waals surface area contributed by atoms with E-state index in [1.54, 1.807) is 15.9 Å². The molecule has 0 N–H and O–H groups in total. The molecule has 184 valence electrons. The minimum Gasteiger partial charge on any atom is -0.466 e. The zero-order valence-electron chi connectivity index (χ0n) is 19.8. The summed E-state index contributed by atoms with van der Waals surface area (Å²) >= 11 is 7.77. The van der Waals surface area contributed by atoms with E-state index in [0.717, 1.165) is 16.8 Å². The van der Waals surface area contributed by atoms with Crippen molar-refractivity contribution < 1.29 is 19.1 Å². The SMILES string of the molecule is CCOC(=O)C1CCN(CN2C(=O)[C@@]3(SCC(=O)N3c3ccc(C)c(Cl)c3)c3ccccc32)CC1. The summed E-state index contributed by atoms with van der Waals surface area (Å²) < 4.78 is 5.18. The molecule has 0 aliphatic carbocycles. The van der Waals surface area contributed by atoms with E-state index in [-0.39, 0.29) is 29.5 Å². The molecule has 0 radical (unpaired) electrons. The van der Waals surface area contributed by atoms with E-state index in [1.807, 2.05) is 50.2 Å². The van der Waals surface area contributed by atoms with Crippen molar-refractivity contribution in [2.24, 2.45) is 5.92 Å². The maximum atomic E-state index is 14.2. The molecule has 7 nitrogen and oxygen atoms in total. The van der Waals surface area contributed by atoms with Crippen LogP contribution in [0, 0.1) is 12.8 Å². The summed E-state index contributed by atoms with van der Waals surface area (Å²) in [4.78, 5) is 43.9. The Hall–Kier alpha value is -2.55. The molecule has 2 aromatic rings. The Labute approximate surface area is 214 Å². The van der Waals surface area contributed by atoms with Crippen LogP contribution in [0.3, 0.4) is 0 Å². The molecule has 2 aromatic carbocycles. The second-order valence-corrected chi connectivity index (χ2v) is 10.7. The lowest BCUT2D eigenvalue weighted by Crippen LogP contribution is -2.52. The molecular weight excluding hydrogens is 486 g/mol. The number of esters is 1. The smallest absolute Gasteiger partial charge is 0.309 e. The standard InChI is InChI=1S/C26H28ClN3O4S/c1-3-34-24(32)18-10-12-28(13-11-18)16-29-22-7-5-4-6-20(22)26(25(29)33)30(23(31)15-35-26)19-9-8-17(2)21(27)14-19/h4-9,14,18H,3,10-13,15-16H2,1-2H3/t26-/m0/s1. The van der Waals surface area contributed by atoms with Gasteiger partial charge in [0.15, 0.2) is 0 Å². The van der Waals surface area contributed by atoms with Crippen molar-refractivity contribution in [3.05, 3.63) is 58.6 Å². The van der Waals surface area contributed by atoms with Crippen LogP contribution < -0.4 is 9.80 Å². The Kier molecular flexibility index (Phi) is 6.55. The predicted octanol–water partition coefficient (Wildman–Crippen LogP) is 4.16. The normalized spacial score (nSPS) is 22.8. The summed E-state index contributed by atoms with van der Waals surface area (Å²) in [5.74, 6) is -0.260. The number of piperidine rings is 1. The second-order valence-electron chi connectivity index (χ2n) is 9.13. The van der Waals surface area contributed by atoms with Gasteiger partial charge in [0.25, 0.3) is 5.91 Å². The number of amides is 2. The first-order valence-corrected chi connectivity index (χ1v) is 13.3. The second kappa shape index (κ2) is 9.48. The largest absolute Gasteiger partial charge is 0.466 e. The number of anilines is 2. The summed E-state index contributed by atoms with van der Waals surface area (Å²) in [7, 11) is 0. The number of aryl methyl sites for hydroxylation is 1. The number of carbonyl (C=O) groups is 3. The molecule has 0 aromatic heterocycles. The first kappa shape index (κ1) is 24.2. The van der Waals surface area contributed by atoms with Crippen molar-refractivity contribution in [1.82, 2.24) is 4.90 Å². The summed E-state index contributed by atoms with van der Waals surface area (Å²) in [6, 6.07) is 13.2. The van der Waals surface area contributed by atoms with Gasteiger partial charge in [-0.15, -0.1) is 11.8 Å². The fraction of sp³-hybridized carbons (Fsp3) is 0.423. The zero-order chi connectivity index (χ0) is 24.7. The monoisotopic (exact) mass is 513 g/mol. The van der Waals surface area contributed by atoms with Crippen LogP contribution in [0.5, 0.6) is 0 Å². The van der Waals surface area contributed by atoms with Crippen LogP contribution in [-0.2, 0) is 24.0 Å². The molecule has 0 bridgehead atoms. The maximum absolute atomic E-state index is 14.2. The molecule has 3 aliphatic rings. The van der Waals surface area contributed by atoms with Gasteiger partial charge in [-0.3, -0.25) is 29.1 Å². The number of nitrogens with zero attached hydrogens (tertiary/aromatic N) is 3. The number of hydrogen-bond acceptors (Lipinski definition) is 6. The van der Waals surface area contributed by atoms with Crippen LogP contribution in [0.15, 0.2) is 42.5 Å². The van der Waals surface area contributed by atoms with E-state index in [4.69, 9.17) is 16.3 Å². The molecule has 35 heavy (non-hydrogen) atoms. The first-order chi connectivity index (χ1) is 16.9. The predicted molar refractivity (Wildman–Crippen MR) is 138 cm³/mol. The number of fused-ring (bicyclic) bond motifs is 2. The molecule has 1 spiro atoms. The molecule has 3 heterocycles. The van der Waals surface area contributed by atoms with Gasteiger partial charge in [0.2, 0.25) is 10.8 Å². The van der Waals surface area contributed by atoms with Gasteiger partial charge >= 0.3 is 5.97 Å². The molecule has 2 saturated heterocycles. The van der Waals surface area contributed by atoms with E-state index in [9.17, 15) is 14.4 Å². The van der Waals surface area contributed by atoms with Gasteiger partial charge < -0.3 is 4.74 Å². The quantitative estimate of drug-likeness (QED) is 0.559. The summed E-state index contributed by atoms with van der Waals surface area (Å²) in [6.07, 6.45) is 1.41. The number of halogens is 1. The Morgan fingerprint density at radius 2 is 1.91 bits per heavy atom. The molecule has 3 aliphatic heterocycles. The lowest BCUT2D eigenvalue weighted by Gasteiger charge is -2.36. The zero-order valence-corrected chi connectivity index (χ0v) is 21.4. The average molecular weight is 514 g/mol. The number of likely N-dealkylation sites (tertiary alicyclic amines) is 1.